The smallest absolute Gasteiger partial charge is 0.310 e. The lowest BCUT2D eigenvalue weighted by Gasteiger charge is -3.08. The van der Waals surface area contributed by atoms with Crippen molar-refractivity contribution >= 4 is 5.97 Å². The van der Waals surface area contributed by atoms with Crippen LogP contribution in [0.1, 0.15) is 0 Å². The van der Waals surface area contributed by atoms with Crippen LogP contribution in [0.2, 0.25) is 0 Å². The highest BCUT2D eigenvalue weighted by atomic mass is 16.4. The van der Waals surface area contributed by atoms with Crippen molar-refractivity contribution in [1.82, 2.24) is 0 Å². The molecular weight excluding hydrogens is 166 g/mol. The minimum Gasteiger partial charge on any atom is -0.481 e. The van der Waals surface area contributed by atoms with Gasteiger partial charge in [-0.15, -0.1) is 0 Å². The van der Waals surface area contributed by atoms with Gasteiger partial charge in [-0.2, -0.15) is 5.26 Å². The van der Waals surface area contributed by atoms with E-state index >= 15 is 0 Å². The molecule has 13 heavy (non-hydrogen) atoms. The molecular formula is C10H7NO2. The number of nitrogens with zero attached hydrogens (tertiary/aromatic N) is 1. The van der Waals surface area contributed by atoms with E-state index in [2.05, 4.69) is 6.07 Å². The number of carboxylic acids is 1. The number of carbonyl (C=O) groups is 1. The molecule has 64 valence electrons. The summed E-state index contributed by atoms with van der Waals surface area (Å²) in [6, 6.07) is 2.46. The summed E-state index contributed by atoms with van der Waals surface area (Å²) in [6.07, 6.45) is 0. The van der Waals surface area contributed by atoms with E-state index in [4.69, 9.17) is 10.4 Å². The molecule has 0 radical (unpaired) electrons. The number of aliphatic carboxylic acids is 1. The maximum absolute atomic E-state index is 11.1. The Labute approximate surface area is 74.3 Å². The third kappa shape index (κ3) is 0.191. The summed E-state index contributed by atoms with van der Waals surface area (Å²) in [4.78, 5) is 11.1. The average Bonchev–Trinajstić information content (AvgIpc) is 2.16. The summed E-state index contributed by atoms with van der Waals surface area (Å²) in [5, 5.41) is 18.2. The SMILES string of the molecule is N#CC12C3C4C1C1C2C3C41C(=O)O. The largest absolute Gasteiger partial charge is 0.481 e. The number of hydrogen-bond acceptors (Lipinski definition) is 2. The Balaban J connectivity index is 1.71. The van der Waals surface area contributed by atoms with Gasteiger partial charge in [0, 0.05) is 0 Å². The first-order valence-corrected chi connectivity index (χ1v) is 4.88. The quantitative estimate of drug-likeness (QED) is 0.621. The van der Waals surface area contributed by atoms with Crippen molar-refractivity contribution in [2.45, 2.75) is 0 Å². The van der Waals surface area contributed by atoms with Crippen molar-refractivity contribution < 1.29 is 9.90 Å². The van der Waals surface area contributed by atoms with Gasteiger partial charge in [0.25, 0.3) is 0 Å². The van der Waals surface area contributed by atoms with E-state index in [0.717, 1.165) is 0 Å². The van der Waals surface area contributed by atoms with E-state index in [-0.39, 0.29) is 10.8 Å². The molecule has 0 atom stereocenters. The third-order valence-electron chi connectivity index (χ3n) is 6.19. The Kier molecular flexibility index (Phi) is 0.434. The monoisotopic (exact) mass is 173 g/mol. The molecule has 0 unspecified atom stereocenters. The van der Waals surface area contributed by atoms with Crippen molar-refractivity contribution in [1.29, 1.82) is 5.26 Å². The number of rotatable bonds is 1. The number of hydrogen-bond donors (Lipinski definition) is 1. The second-order valence-corrected chi connectivity index (χ2v) is 5.44. The molecule has 0 aromatic heterocycles. The van der Waals surface area contributed by atoms with E-state index in [1.165, 1.54) is 0 Å². The zero-order valence-corrected chi connectivity index (χ0v) is 6.77. The molecule has 0 aromatic rings. The first-order valence-electron chi connectivity index (χ1n) is 4.88. The van der Waals surface area contributed by atoms with Crippen LogP contribution in [0.15, 0.2) is 0 Å². The molecule has 0 spiro atoms. The fraction of sp³-hybridized carbons (Fsp3) is 0.800. The van der Waals surface area contributed by atoms with E-state index in [0.29, 0.717) is 35.5 Å². The predicted molar refractivity (Wildman–Crippen MR) is 39.1 cm³/mol. The summed E-state index contributed by atoms with van der Waals surface area (Å²) in [7, 11) is 0. The van der Waals surface area contributed by atoms with Crippen molar-refractivity contribution in [2.75, 3.05) is 0 Å². The standard InChI is InChI=1S/C10H7NO2/c11-1-9-2-5-3(9)7-4(9)6(2)10(5,7)8(12)13/h2-7H,(H,12,13). The summed E-state index contributed by atoms with van der Waals surface area (Å²) in [5.74, 6) is 2.22. The molecule has 3 nitrogen and oxygen atoms in total. The Morgan fingerprint density at radius 3 is 1.92 bits per heavy atom. The van der Waals surface area contributed by atoms with Crippen molar-refractivity contribution in [3.8, 4) is 6.07 Å². The van der Waals surface area contributed by atoms with Gasteiger partial charge in [0.05, 0.1) is 16.9 Å². The van der Waals surface area contributed by atoms with E-state index in [9.17, 15) is 4.79 Å². The van der Waals surface area contributed by atoms with Gasteiger partial charge in [-0.05, 0) is 35.5 Å². The van der Waals surface area contributed by atoms with Gasteiger partial charge in [0.2, 0.25) is 0 Å². The molecule has 6 fully saturated rings. The lowest BCUT2D eigenvalue weighted by atomic mass is 8.92. The van der Waals surface area contributed by atoms with Crippen LogP contribution in [0.25, 0.3) is 0 Å². The van der Waals surface area contributed by atoms with E-state index in [1.807, 2.05) is 0 Å². The molecule has 0 amide bonds. The van der Waals surface area contributed by atoms with Crippen molar-refractivity contribution in [3.05, 3.63) is 0 Å². The molecule has 0 aromatic carbocycles. The second kappa shape index (κ2) is 1.00. The van der Waals surface area contributed by atoms with Gasteiger partial charge in [-0.3, -0.25) is 4.79 Å². The molecule has 0 heterocycles. The number of carboxylic acid groups (broad SMARTS) is 1. The Morgan fingerprint density at radius 2 is 1.62 bits per heavy atom. The van der Waals surface area contributed by atoms with Crippen LogP contribution in [0, 0.1) is 57.7 Å². The maximum Gasteiger partial charge on any atom is 0.310 e. The maximum atomic E-state index is 11.1. The highest BCUT2D eigenvalue weighted by molar-refractivity contribution is 5.87. The fourth-order valence-electron chi connectivity index (χ4n) is 6.18. The van der Waals surface area contributed by atoms with E-state index in [1.54, 1.807) is 0 Å². The van der Waals surface area contributed by atoms with Crippen LogP contribution >= 0.6 is 0 Å². The van der Waals surface area contributed by atoms with Gasteiger partial charge in [0.1, 0.15) is 0 Å². The van der Waals surface area contributed by atoms with E-state index < -0.39 is 5.97 Å². The summed E-state index contributed by atoms with van der Waals surface area (Å²) in [5.41, 5.74) is -0.282. The van der Waals surface area contributed by atoms with Crippen LogP contribution in [-0.2, 0) is 4.79 Å². The molecule has 0 bridgehead atoms. The molecule has 6 saturated carbocycles. The fourth-order valence-corrected chi connectivity index (χ4v) is 6.18. The van der Waals surface area contributed by atoms with Gasteiger partial charge in [-0.25, -0.2) is 0 Å². The molecule has 6 aliphatic rings. The van der Waals surface area contributed by atoms with Crippen LogP contribution in [-0.4, -0.2) is 11.1 Å². The summed E-state index contributed by atoms with van der Waals surface area (Å²) >= 11 is 0. The molecule has 6 rings (SSSR count). The highest BCUT2D eigenvalue weighted by Crippen LogP contribution is 3.10. The molecule has 0 saturated heterocycles. The van der Waals surface area contributed by atoms with Crippen LogP contribution < -0.4 is 0 Å². The highest BCUT2D eigenvalue weighted by Gasteiger charge is 3.12. The average molecular weight is 173 g/mol. The first-order chi connectivity index (χ1) is 6.24. The summed E-state index contributed by atoms with van der Waals surface area (Å²) in [6.45, 7) is 0. The lowest BCUT2D eigenvalue weighted by molar-refractivity contribution is -0.626. The Bertz CT molecular complexity index is 393. The molecule has 0 aliphatic heterocycles. The second-order valence-electron chi connectivity index (χ2n) is 5.44. The first kappa shape index (κ1) is 5.64. The molecule has 1 N–H and O–H groups in total. The van der Waals surface area contributed by atoms with Gasteiger partial charge < -0.3 is 5.11 Å². The van der Waals surface area contributed by atoms with Crippen molar-refractivity contribution in [2.24, 2.45) is 46.3 Å². The Morgan fingerprint density at radius 1 is 1.15 bits per heavy atom. The van der Waals surface area contributed by atoms with Crippen LogP contribution in [0.3, 0.4) is 0 Å². The normalized spacial score (nSPS) is 81.5. The summed E-state index contributed by atoms with van der Waals surface area (Å²) < 4.78 is 0. The van der Waals surface area contributed by atoms with Gasteiger partial charge >= 0.3 is 5.97 Å². The molecule has 6 aliphatic carbocycles. The van der Waals surface area contributed by atoms with Crippen LogP contribution in [0.5, 0.6) is 0 Å². The zero-order chi connectivity index (χ0) is 8.75. The van der Waals surface area contributed by atoms with Crippen molar-refractivity contribution in [3.63, 3.8) is 0 Å². The Hall–Kier alpha value is -1.04. The lowest BCUT2D eigenvalue weighted by Crippen LogP contribution is -3.10. The number of nitriles is 1. The topological polar surface area (TPSA) is 61.1 Å². The molecule has 3 heteroatoms. The predicted octanol–water partition coefficient (Wildman–Crippen LogP) is 0.333. The van der Waals surface area contributed by atoms with Gasteiger partial charge in [0.15, 0.2) is 0 Å². The van der Waals surface area contributed by atoms with Gasteiger partial charge in [-0.1, -0.05) is 0 Å². The third-order valence-corrected chi connectivity index (χ3v) is 6.19. The van der Waals surface area contributed by atoms with Crippen LogP contribution in [0.4, 0.5) is 0 Å². The minimum atomic E-state index is -0.567. The minimum absolute atomic E-state index is 0.0111. The zero-order valence-electron chi connectivity index (χ0n) is 6.77.